The summed E-state index contributed by atoms with van der Waals surface area (Å²) in [6.07, 6.45) is 9.07. The van der Waals surface area contributed by atoms with Gasteiger partial charge in [0.2, 0.25) is 0 Å². The topological polar surface area (TPSA) is 66.6 Å². The maximum atomic E-state index is 12.8. The molecule has 0 bridgehead atoms. The molecule has 0 saturated carbocycles. The van der Waals surface area contributed by atoms with Gasteiger partial charge in [-0.3, -0.25) is 9.78 Å². The number of likely N-dealkylation sites (tertiary alicyclic amines) is 1. The van der Waals surface area contributed by atoms with Gasteiger partial charge in [0.25, 0.3) is 5.91 Å². The SMILES string of the molecule is CN(C)c1nc([C@@H]2CCCN(C(=O)c3cccnc3)C2)cn2nccc12. The molecule has 26 heavy (non-hydrogen) atoms. The fourth-order valence-electron chi connectivity index (χ4n) is 3.53. The molecule has 0 radical (unpaired) electrons. The van der Waals surface area contributed by atoms with Crippen molar-refractivity contribution in [3.05, 3.63) is 54.2 Å². The lowest BCUT2D eigenvalue weighted by Gasteiger charge is -2.32. The Labute approximate surface area is 152 Å². The molecule has 1 aliphatic rings. The van der Waals surface area contributed by atoms with E-state index in [4.69, 9.17) is 4.98 Å². The van der Waals surface area contributed by atoms with Crippen LogP contribution in [0.25, 0.3) is 5.52 Å². The van der Waals surface area contributed by atoms with Gasteiger partial charge in [-0.1, -0.05) is 0 Å². The van der Waals surface area contributed by atoms with Crippen molar-refractivity contribution in [1.82, 2.24) is 24.5 Å². The number of hydrogen-bond acceptors (Lipinski definition) is 5. The molecule has 1 fully saturated rings. The summed E-state index contributed by atoms with van der Waals surface area (Å²) in [6, 6.07) is 5.58. The van der Waals surface area contributed by atoms with Crippen molar-refractivity contribution >= 4 is 17.2 Å². The third-order valence-electron chi connectivity index (χ3n) is 4.85. The molecule has 4 rings (SSSR count). The van der Waals surface area contributed by atoms with Crippen molar-refractivity contribution in [2.75, 3.05) is 32.1 Å². The van der Waals surface area contributed by atoms with E-state index in [1.165, 1.54) is 0 Å². The summed E-state index contributed by atoms with van der Waals surface area (Å²) >= 11 is 0. The van der Waals surface area contributed by atoms with Crippen LogP contribution in [0.5, 0.6) is 0 Å². The summed E-state index contributed by atoms with van der Waals surface area (Å²) in [7, 11) is 3.97. The van der Waals surface area contributed by atoms with Crippen LogP contribution in [0.15, 0.2) is 43.0 Å². The summed E-state index contributed by atoms with van der Waals surface area (Å²) < 4.78 is 1.87. The van der Waals surface area contributed by atoms with Crippen molar-refractivity contribution in [2.45, 2.75) is 18.8 Å². The Hall–Kier alpha value is -2.96. The molecule has 3 aromatic heterocycles. The minimum atomic E-state index is 0.0378. The van der Waals surface area contributed by atoms with Crippen molar-refractivity contribution in [1.29, 1.82) is 0 Å². The van der Waals surface area contributed by atoms with Crippen LogP contribution in [0.2, 0.25) is 0 Å². The Morgan fingerprint density at radius 1 is 1.27 bits per heavy atom. The largest absolute Gasteiger partial charge is 0.361 e. The monoisotopic (exact) mass is 350 g/mol. The van der Waals surface area contributed by atoms with Crippen LogP contribution in [0, 0.1) is 0 Å². The lowest BCUT2D eigenvalue weighted by molar-refractivity contribution is 0.0705. The number of aromatic nitrogens is 4. The molecule has 4 heterocycles. The number of carbonyl (C=O) groups excluding carboxylic acids is 1. The first-order valence-corrected chi connectivity index (χ1v) is 8.84. The van der Waals surface area contributed by atoms with Crippen LogP contribution in [-0.2, 0) is 0 Å². The molecule has 0 unspecified atom stereocenters. The molecule has 0 spiro atoms. The van der Waals surface area contributed by atoms with E-state index < -0.39 is 0 Å². The molecule has 1 saturated heterocycles. The van der Waals surface area contributed by atoms with Gasteiger partial charge < -0.3 is 9.80 Å². The molecule has 0 aromatic carbocycles. The van der Waals surface area contributed by atoms with E-state index >= 15 is 0 Å². The Morgan fingerprint density at radius 2 is 2.15 bits per heavy atom. The molecule has 0 aliphatic carbocycles. The number of carbonyl (C=O) groups is 1. The van der Waals surface area contributed by atoms with Gasteiger partial charge in [0.05, 0.1) is 23.7 Å². The van der Waals surface area contributed by atoms with Crippen molar-refractivity contribution in [2.24, 2.45) is 0 Å². The van der Waals surface area contributed by atoms with Gasteiger partial charge in [-0.25, -0.2) is 9.50 Å². The molecular formula is C19H22N6O. The van der Waals surface area contributed by atoms with Gasteiger partial charge in [0.15, 0.2) is 5.82 Å². The second-order valence-electron chi connectivity index (χ2n) is 6.88. The number of piperidine rings is 1. The maximum absolute atomic E-state index is 12.8. The first-order chi connectivity index (χ1) is 12.6. The van der Waals surface area contributed by atoms with E-state index in [1.54, 1.807) is 24.7 Å². The zero-order valence-corrected chi connectivity index (χ0v) is 15.0. The summed E-state index contributed by atoms with van der Waals surface area (Å²) in [5, 5.41) is 4.38. The number of pyridine rings is 1. The maximum Gasteiger partial charge on any atom is 0.255 e. The van der Waals surface area contributed by atoms with E-state index in [-0.39, 0.29) is 11.8 Å². The quantitative estimate of drug-likeness (QED) is 0.724. The number of hydrogen-bond donors (Lipinski definition) is 0. The van der Waals surface area contributed by atoms with E-state index in [0.717, 1.165) is 36.4 Å². The highest BCUT2D eigenvalue weighted by Crippen LogP contribution is 2.29. The summed E-state index contributed by atoms with van der Waals surface area (Å²) in [5.41, 5.74) is 2.60. The fraction of sp³-hybridized carbons (Fsp3) is 0.368. The molecule has 7 nitrogen and oxygen atoms in total. The molecule has 1 aliphatic heterocycles. The molecule has 1 amide bonds. The average molecular weight is 350 g/mol. The zero-order valence-electron chi connectivity index (χ0n) is 15.0. The van der Waals surface area contributed by atoms with E-state index in [2.05, 4.69) is 10.1 Å². The molecule has 0 N–H and O–H groups in total. The predicted molar refractivity (Wildman–Crippen MR) is 99.4 cm³/mol. The molecule has 1 atom stereocenters. The van der Waals surface area contributed by atoms with Crippen LogP contribution in [0.1, 0.15) is 34.8 Å². The van der Waals surface area contributed by atoms with Crippen LogP contribution in [0.4, 0.5) is 5.82 Å². The van der Waals surface area contributed by atoms with Gasteiger partial charge in [-0.2, -0.15) is 5.10 Å². The fourth-order valence-corrected chi connectivity index (χ4v) is 3.53. The van der Waals surface area contributed by atoms with Crippen molar-refractivity contribution < 1.29 is 4.79 Å². The minimum Gasteiger partial charge on any atom is -0.361 e. The Balaban J connectivity index is 1.62. The standard InChI is InChI=1S/C19H22N6O/c1-23(2)18-17-7-9-21-25(17)13-16(22-18)15-6-4-10-24(12-15)19(26)14-5-3-8-20-11-14/h3,5,7-9,11,13,15H,4,6,10,12H2,1-2H3/t15-/m1/s1. The average Bonchev–Trinajstić information content (AvgIpc) is 3.16. The van der Waals surface area contributed by atoms with Crippen LogP contribution in [0.3, 0.4) is 0 Å². The molecule has 7 heteroatoms. The number of amides is 1. The van der Waals surface area contributed by atoms with Gasteiger partial charge in [0, 0.05) is 45.5 Å². The highest BCUT2D eigenvalue weighted by molar-refractivity contribution is 5.94. The van der Waals surface area contributed by atoms with Crippen LogP contribution >= 0.6 is 0 Å². The minimum absolute atomic E-state index is 0.0378. The Morgan fingerprint density at radius 3 is 2.92 bits per heavy atom. The summed E-state index contributed by atoms with van der Waals surface area (Å²) in [6.45, 7) is 1.44. The predicted octanol–water partition coefficient (Wildman–Crippen LogP) is 2.21. The van der Waals surface area contributed by atoms with Crippen LogP contribution in [-0.4, -0.2) is 57.6 Å². The molecule has 134 valence electrons. The van der Waals surface area contributed by atoms with E-state index in [0.29, 0.717) is 12.1 Å². The summed E-state index contributed by atoms with van der Waals surface area (Å²) in [4.78, 5) is 25.6. The lowest BCUT2D eigenvalue weighted by atomic mass is 9.94. The normalized spacial score (nSPS) is 17.5. The van der Waals surface area contributed by atoms with Gasteiger partial charge in [-0.05, 0) is 31.0 Å². The van der Waals surface area contributed by atoms with Gasteiger partial charge in [-0.15, -0.1) is 0 Å². The third-order valence-corrected chi connectivity index (χ3v) is 4.85. The van der Waals surface area contributed by atoms with E-state index in [9.17, 15) is 4.79 Å². The van der Waals surface area contributed by atoms with Crippen LogP contribution < -0.4 is 4.90 Å². The number of anilines is 1. The second kappa shape index (κ2) is 6.74. The van der Waals surface area contributed by atoms with Crippen molar-refractivity contribution in [3.8, 4) is 0 Å². The lowest BCUT2D eigenvalue weighted by Crippen LogP contribution is -2.39. The highest BCUT2D eigenvalue weighted by atomic mass is 16.2. The summed E-state index contributed by atoms with van der Waals surface area (Å²) in [5.74, 6) is 1.14. The molecular weight excluding hydrogens is 328 g/mol. The molecule has 3 aromatic rings. The first kappa shape index (κ1) is 16.5. The first-order valence-electron chi connectivity index (χ1n) is 8.84. The Kier molecular flexibility index (Phi) is 4.28. The smallest absolute Gasteiger partial charge is 0.255 e. The van der Waals surface area contributed by atoms with Crippen molar-refractivity contribution in [3.63, 3.8) is 0 Å². The van der Waals surface area contributed by atoms with Gasteiger partial charge in [0.1, 0.15) is 5.52 Å². The third kappa shape index (κ3) is 3.00. The second-order valence-corrected chi connectivity index (χ2v) is 6.88. The number of rotatable bonds is 3. The highest BCUT2D eigenvalue weighted by Gasteiger charge is 2.27. The Bertz CT molecular complexity index is 920. The number of fused-ring (bicyclic) bond motifs is 1. The van der Waals surface area contributed by atoms with E-state index in [1.807, 2.05) is 46.7 Å². The zero-order chi connectivity index (χ0) is 18.1. The number of nitrogens with zero attached hydrogens (tertiary/aromatic N) is 6. The van der Waals surface area contributed by atoms with Gasteiger partial charge >= 0.3 is 0 Å².